The van der Waals surface area contributed by atoms with Gasteiger partial charge in [0.25, 0.3) is 5.56 Å². The first-order valence-corrected chi connectivity index (χ1v) is 9.79. The number of anilines is 1. The Bertz CT molecular complexity index is 1120. The molecule has 3 aromatic rings. The third kappa shape index (κ3) is 2.69. The average molecular weight is 437 g/mol. The second-order valence-electron chi connectivity index (χ2n) is 6.60. The van der Waals surface area contributed by atoms with Crippen LogP contribution >= 0.6 is 34.8 Å². The normalized spacial score (nSPS) is 19.0. The Hall–Kier alpha value is -2.21. The number of nitrogens with zero attached hydrogens (tertiary/aromatic N) is 3. The van der Waals surface area contributed by atoms with E-state index in [0.29, 0.717) is 27.0 Å². The smallest absolute Gasteiger partial charge is 0.295 e. The molecule has 0 spiro atoms. The summed E-state index contributed by atoms with van der Waals surface area (Å²) in [6, 6.07) is 13.7. The van der Waals surface area contributed by atoms with Crippen LogP contribution in [0.1, 0.15) is 17.3 Å². The number of halogens is 3. The Balaban J connectivity index is 1.90. The number of aromatic nitrogens is 2. The number of β-lactam (4-membered cyclic amide) rings is 1. The van der Waals surface area contributed by atoms with E-state index < -0.39 is 11.4 Å². The molecule has 1 aliphatic heterocycles. The van der Waals surface area contributed by atoms with Crippen LogP contribution in [0.3, 0.4) is 0 Å². The van der Waals surface area contributed by atoms with Gasteiger partial charge in [-0.25, -0.2) is 4.68 Å². The van der Waals surface area contributed by atoms with Gasteiger partial charge in [-0.15, -0.1) is 11.6 Å². The maximum absolute atomic E-state index is 13.3. The maximum atomic E-state index is 13.3. The number of amides is 1. The average Bonchev–Trinajstić information content (AvgIpc) is 2.90. The number of benzene rings is 2. The molecule has 1 aliphatic rings. The zero-order valence-corrected chi connectivity index (χ0v) is 17.3. The SMILES string of the molecule is Cc1c(N2C(=O)[C@H](Cl)[C@H]2c2c(Cl)cccc2Cl)c(=O)n(-c2ccccc2)n1C. The van der Waals surface area contributed by atoms with Gasteiger partial charge in [-0.1, -0.05) is 47.5 Å². The van der Waals surface area contributed by atoms with Gasteiger partial charge in [0.05, 0.1) is 17.4 Å². The van der Waals surface area contributed by atoms with E-state index in [2.05, 4.69) is 0 Å². The van der Waals surface area contributed by atoms with Crippen molar-refractivity contribution >= 4 is 46.4 Å². The van der Waals surface area contributed by atoms with E-state index in [9.17, 15) is 9.59 Å². The van der Waals surface area contributed by atoms with Crippen LogP contribution in [0.25, 0.3) is 5.69 Å². The fraction of sp³-hybridized carbons (Fsp3) is 0.200. The third-order valence-corrected chi connectivity index (χ3v) is 6.17. The molecule has 0 saturated carbocycles. The van der Waals surface area contributed by atoms with Crippen molar-refractivity contribution in [2.24, 2.45) is 7.05 Å². The molecular formula is C20H16Cl3N3O2. The minimum Gasteiger partial charge on any atom is -0.295 e. The molecule has 0 aliphatic carbocycles. The van der Waals surface area contributed by atoms with Gasteiger partial charge in [0.2, 0.25) is 5.91 Å². The zero-order chi connectivity index (χ0) is 20.2. The molecule has 2 atom stereocenters. The Labute approximate surface area is 176 Å². The number of alkyl halides is 1. The van der Waals surface area contributed by atoms with Crippen LogP contribution < -0.4 is 10.5 Å². The number of hydrogen-bond acceptors (Lipinski definition) is 2. The lowest BCUT2D eigenvalue weighted by molar-refractivity contribution is -0.123. The van der Waals surface area contributed by atoms with E-state index in [0.717, 1.165) is 0 Å². The molecule has 4 rings (SSSR count). The monoisotopic (exact) mass is 435 g/mol. The highest BCUT2D eigenvalue weighted by molar-refractivity contribution is 6.40. The molecule has 144 valence electrons. The van der Waals surface area contributed by atoms with Crippen molar-refractivity contribution in [1.29, 1.82) is 0 Å². The minimum atomic E-state index is -0.846. The molecule has 1 aromatic heterocycles. The standard InChI is InChI=1S/C20H16Cl3N3O2/c1-11-17(20(28)26(24(11)2)12-7-4-3-5-8-12)25-18(16(23)19(25)27)15-13(21)9-6-10-14(15)22/h3-10,16,18H,1-2H3/t16-,18-/m1/s1. The van der Waals surface area contributed by atoms with Gasteiger partial charge in [0, 0.05) is 22.7 Å². The highest BCUT2D eigenvalue weighted by atomic mass is 35.5. The highest BCUT2D eigenvalue weighted by Gasteiger charge is 2.51. The molecule has 2 aromatic carbocycles. The summed E-state index contributed by atoms with van der Waals surface area (Å²) < 4.78 is 3.23. The van der Waals surface area contributed by atoms with Crippen LogP contribution in [0.2, 0.25) is 10.0 Å². The summed E-state index contributed by atoms with van der Waals surface area (Å²) in [5.74, 6) is -0.353. The molecule has 28 heavy (non-hydrogen) atoms. The molecular weight excluding hydrogens is 421 g/mol. The van der Waals surface area contributed by atoms with Crippen molar-refractivity contribution in [3.63, 3.8) is 0 Å². The maximum Gasteiger partial charge on any atom is 0.295 e. The zero-order valence-electron chi connectivity index (χ0n) is 15.1. The molecule has 5 nitrogen and oxygen atoms in total. The molecule has 8 heteroatoms. The van der Waals surface area contributed by atoms with Gasteiger partial charge < -0.3 is 0 Å². The fourth-order valence-electron chi connectivity index (χ4n) is 3.60. The molecule has 0 bridgehead atoms. The number of hydrogen-bond donors (Lipinski definition) is 0. The first-order chi connectivity index (χ1) is 13.3. The van der Waals surface area contributed by atoms with Crippen molar-refractivity contribution in [1.82, 2.24) is 9.36 Å². The molecule has 0 N–H and O–H groups in total. The summed E-state index contributed by atoms with van der Waals surface area (Å²) in [6.07, 6.45) is 0. The number of rotatable bonds is 3. The Morgan fingerprint density at radius 2 is 1.54 bits per heavy atom. The van der Waals surface area contributed by atoms with Crippen molar-refractivity contribution in [3.8, 4) is 5.69 Å². The van der Waals surface area contributed by atoms with E-state index in [-0.39, 0.29) is 17.2 Å². The second-order valence-corrected chi connectivity index (χ2v) is 7.88. The van der Waals surface area contributed by atoms with E-state index in [1.807, 2.05) is 30.3 Å². The summed E-state index contributed by atoms with van der Waals surface area (Å²) in [5.41, 5.74) is 1.84. The van der Waals surface area contributed by atoms with Gasteiger partial charge in [-0.3, -0.25) is 19.2 Å². The third-order valence-electron chi connectivity index (χ3n) is 5.09. The van der Waals surface area contributed by atoms with Gasteiger partial charge in [-0.05, 0) is 31.2 Å². The summed E-state index contributed by atoms with van der Waals surface area (Å²) >= 11 is 19.0. The van der Waals surface area contributed by atoms with Crippen LogP contribution in [-0.2, 0) is 11.8 Å². The summed E-state index contributed by atoms with van der Waals surface area (Å²) in [4.78, 5) is 27.4. The Kier molecular flexibility index (Phi) is 4.78. The van der Waals surface area contributed by atoms with Crippen LogP contribution in [0.15, 0.2) is 53.3 Å². The minimum absolute atomic E-state index is 0.272. The van der Waals surface area contributed by atoms with Gasteiger partial charge in [0.1, 0.15) is 11.1 Å². The molecule has 1 amide bonds. The lowest BCUT2D eigenvalue weighted by Crippen LogP contribution is -2.58. The van der Waals surface area contributed by atoms with E-state index in [1.165, 1.54) is 9.58 Å². The molecule has 2 heterocycles. The highest BCUT2D eigenvalue weighted by Crippen LogP contribution is 2.46. The van der Waals surface area contributed by atoms with E-state index in [4.69, 9.17) is 34.8 Å². The van der Waals surface area contributed by atoms with Crippen LogP contribution in [0, 0.1) is 6.92 Å². The van der Waals surface area contributed by atoms with Crippen molar-refractivity contribution in [3.05, 3.63) is 80.2 Å². The first-order valence-electron chi connectivity index (χ1n) is 8.59. The van der Waals surface area contributed by atoms with Crippen molar-refractivity contribution in [2.75, 3.05) is 4.90 Å². The second kappa shape index (κ2) is 6.99. The summed E-state index contributed by atoms with van der Waals surface area (Å²) in [5, 5.41) is -0.0446. The van der Waals surface area contributed by atoms with Gasteiger partial charge in [0.15, 0.2) is 0 Å². The molecule has 1 fully saturated rings. The largest absolute Gasteiger partial charge is 0.295 e. The first kappa shape index (κ1) is 19.1. The topological polar surface area (TPSA) is 47.2 Å². The van der Waals surface area contributed by atoms with Crippen LogP contribution in [0.5, 0.6) is 0 Å². The lowest BCUT2D eigenvalue weighted by Gasteiger charge is -2.44. The van der Waals surface area contributed by atoms with Crippen molar-refractivity contribution < 1.29 is 4.79 Å². The number of carbonyl (C=O) groups is 1. The van der Waals surface area contributed by atoms with E-state index in [1.54, 1.807) is 36.9 Å². The molecule has 0 unspecified atom stereocenters. The Morgan fingerprint density at radius 3 is 2.14 bits per heavy atom. The van der Waals surface area contributed by atoms with Gasteiger partial charge >= 0.3 is 0 Å². The molecule has 0 radical (unpaired) electrons. The molecule has 1 saturated heterocycles. The summed E-state index contributed by atoms with van der Waals surface area (Å²) in [6.45, 7) is 1.79. The summed E-state index contributed by atoms with van der Waals surface area (Å²) in [7, 11) is 1.77. The number of carbonyl (C=O) groups excluding carboxylic acids is 1. The quantitative estimate of drug-likeness (QED) is 0.449. The van der Waals surface area contributed by atoms with Crippen LogP contribution in [-0.4, -0.2) is 20.6 Å². The van der Waals surface area contributed by atoms with Crippen LogP contribution in [0.4, 0.5) is 5.69 Å². The lowest BCUT2D eigenvalue weighted by atomic mass is 9.92. The Morgan fingerprint density at radius 1 is 0.929 bits per heavy atom. The van der Waals surface area contributed by atoms with Gasteiger partial charge in [-0.2, -0.15) is 0 Å². The predicted octanol–water partition coefficient (Wildman–Crippen LogP) is 4.49. The number of para-hydroxylation sites is 1. The fourth-order valence-corrected chi connectivity index (χ4v) is 4.57. The van der Waals surface area contributed by atoms with E-state index >= 15 is 0 Å². The van der Waals surface area contributed by atoms with Crippen molar-refractivity contribution in [2.45, 2.75) is 18.3 Å². The predicted molar refractivity (Wildman–Crippen MR) is 112 cm³/mol.